The number of morpholine rings is 1. The first-order chi connectivity index (χ1) is 12.7. The summed E-state index contributed by atoms with van der Waals surface area (Å²) in [5.74, 6) is -0.799. The van der Waals surface area contributed by atoms with E-state index in [0.29, 0.717) is 18.9 Å². The monoisotopic (exact) mass is 377 g/mol. The molecule has 0 spiro atoms. The quantitative estimate of drug-likeness (QED) is 0.550. The van der Waals surface area contributed by atoms with E-state index in [0.717, 1.165) is 44.1 Å². The van der Waals surface area contributed by atoms with Crippen LogP contribution in [-0.2, 0) is 20.9 Å². The minimum atomic E-state index is -0.677. The Balaban J connectivity index is 1.40. The van der Waals surface area contributed by atoms with Gasteiger partial charge in [-0.1, -0.05) is 6.07 Å². The number of ether oxygens (including phenoxy) is 1. The van der Waals surface area contributed by atoms with Crippen molar-refractivity contribution in [3.8, 4) is 0 Å². The molecule has 1 aliphatic heterocycles. The molecule has 3 heterocycles. The second-order valence-electron chi connectivity index (χ2n) is 5.97. The van der Waals surface area contributed by atoms with Crippen LogP contribution in [0.3, 0.4) is 0 Å². The van der Waals surface area contributed by atoms with E-state index in [9.17, 15) is 9.59 Å². The molecule has 1 saturated heterocycles. The Labute approximate surface area is 156 Å². The minimum Gasteiger partial charge on any atom is -0.379 e. The van der Waals surface area contributed by atoms with Crippen LogP contribution in [0.1, 0.15) is 11.3 Å². The molecule has 3 rings (SSSR count). The number of aromatic nitrogens is 2. The third kappa shape index (κ3) is 5.38. The Hall–Kier alpha value is -2.23. The van der Waals surface area contributed by atoms with Crippen LogP contribution >= 0.6 is 11.3 Å². The molecule has 140 valence electrons. The zero-order valence-corrected chi connectivity index (χ0v) is 15.3. The fraction of sp³-hybridized carbons (Fsp3) is 0.471. The van der Waals surface area contributed by atoms with Crippen molar-refractivity contribution in [1.82, 2.24) is 20.0 Å². The summed E-state index contributed by atoms with van der Waals surface area (Å²) in [4.78, 5) is 27.4. The molecular formula is C17H23N5O3S. The van der Waals surface area contributed by atoms with E-state index >= 15 is 0 Å². The van der Waals surface area contributed by atoms with Gasteiger partial charge in [-0.15, -0.1) is 11.3 Å². The van der Waals surface area contributed by atoms with Gasteiger partial charge in [-0.2, -0.15) is 5.10 Å². The van der Waals surface area contributed by atoms with Gasteiger partial charge < -0.3 is 15.4 Å². The number of thiophene rings is 1. The average Bonchev–Trinajstić information content (AvgIpc) is 3.32. The lowest BCUT2D eigenvalue weighted by Gasteiger charge is -2.26. The molecule has 2 aromatic rings. The van der Waals surface area contributed by atoms with E-state index in [4.69, 9.17) is 4.74 Å². The molecule has 1 aliphatic rings. The summed E-state index contributed by atoms with van der Waals surface area (Å²) >= 11 is 1.62. The van der Waals surface area contributed by atoms with Crippen molar-refractivity contribution in [2.45, 2.75) is 13.0 Å². The highest BCUT2D eigenvalue weighted by atomic mass is 32.1. The molecule has 26 heavy (non-hydrogen) atoms. The van der Waals surface area contributed by atoms with Crippen LogP contribution in [0.5, 0.6) is 0 Å². The molecule has 2 aromatic heterocycles. The summed E-state index contributed by atoms with van der Waals surface area (Å²) in [6, 6.07) is 5.64. The summed E-state index contributed by atoms with van der Waals surface area (Å²) in [5.41, 5.74) is 0. The Morgan fingerprint density at radius 3 is 2.85 bits per heavy atom. The maximum Gasteiger partial charge on any atom is 0.314 e. The molecule has 0 atom stereocenters. The molecule has 0 bridgehead atoms. The predicted octanol–water partition coefficient (Wildman–Crippen LogP) is 0.770. The van der Waals surface area contributed by atoms with E-state index < -0.39 is 11.8 Å². The van der Waals surface area contributed by atoms with Crippen LogP contribution in [0.15, 0.2) is 29.8 Å². The molecule has 2 amide bonds. The number of nitrogens with one attached hydrogen (secondary N) is 2. The molecule has 2 N–H and O–H groups in total. The zero-order valence-electron chi connectivity index (χ0n) is 14.5. The van der Waals surface area contributed by atoms with Crippen molar-refractivity contribution in [1.29, 1.82) is 0 Å². The number of anilines is 1. The molecule has 0 radical (unpaired) electrons. The van der Waals surface area contributed by atoms with Gasteiger partial charge in [0.15, 0.2) is 0 Å². The number of hydrogen-bond donors (Lipinski definition) is 2. The van der Waals surface area contributed by atoms with Crippen LogP contribution in [0.4, 0.5) is 5.82 Å². The van der Waals surface area contributed by atoms with Crippen molar-refractivity contribution in [2.24, 2.45) is 0 Å². The molecule has 8 nitrogen and oxygen atoms in total. The number of hydrogen-bond acceptors (Lipinski definition) is 6. The Kier molecular flexibility index (Phi) is 6.75. The lowest BCUT2D eigenvalue weighted by molar-refractivity contribution is -0.136. The topological polar surface area (TPSA) is 88.5 Å². The molecule has 0 unspecified atom stereocenters. The standard InChI is InChI=1S/C17H23N5O3S/c23-16(18-5-2-7-21-8-10-25-11-9-21)17(24)20-15-4-6-19-22(15)13-14-3-1-12-26-14/h1,3-4,6,12H,2,5,7-11,13H2,(H,18,23)(H,20,24). The van der Waals surface area contributed by atoms with Gasteiger partial charge in [0, 0.05) is 30.6 Å². The molecule has 0 aromatic carbocycles. The SMILES string of the molecule is O=C(NCCCN1CCOCC1)C(=O)Nc1ccnn1Cc1cccs1. The third-order valence-electron chi connectivity index (χ3n) is 4.09. The Bertz CT molecular complexity index is 710. The lowest BCUT2D eigenvalue weighted by Crippen LogP contribution is -2.40. The lowest BCUT2D eigenvalue weighted by atomic mass is 10.3. The van der Waals surface area contributed by atoms with Crippen LogP contribution in [-0.4, -0.2) is 65.9 Å². The van der Waals surface area contributed by atoms with E-state index in [1.54, 1.807) is 28.3 Å². The maximum atomic E-state index is 12.1. The molecule has 1 fully saturated rings. The highest BCUT2D eigenvalue weighted by Crippen LogP contribution is 2.14. The number of amides is 2. The van der Waals surface area contributed by atoms with Crippen molar-refractivity contribution in [3.05, 3.63) is 34.7 Å². The molecule has 9 heteroatoms. The summed E-state index contributed by atoms with van der Waals surface area (Å²) in [5, 5.41) is 11.5. The number of nitrogens with zero attached hydrogens (tertiary/aromatic N) is 3. The first-order valence-electron chi connectivity index (χ1n) is 8.66. The number of carbonyl (C=O) groups excluding carboxylic acids is 2. The van der Waals surface area contributed by atoms with Crippen LogP contribution in [0, 0.1) is 0 Å². The first kappa shape index (κ1) is 18.6. The second kappa shape index (κ2) is 9.46. The molecule has 0 aliphatic carbocycles. The van der Waals surface area contributed by atoms with Crippen LogP contribution < -0.4 is 10.6 Å². The Morgan fingerprint density at radius 1 is 1.23 bits per heavy atom. The maximum absolute atomic E-state index is 12.1. The summed E-state index contributed by atoms with van der Waals surface area (Å²) in [6.07, 6.45) is 2.40. The van der Waals surface area contributed by atoms with Gasteiger partial charge in [0.1, 0.15) is 5.82 Å². The smallest absolute Gasteiger partial charge is 0.314 e. The largest absolute Gasteiger partial charge is 0.379 e. The summed E-state index contributed by atoms with van der Waals surface area (Å²) in [7, 11) is 0. The molecule has 0 saturated carbocycles. The van der Waals surface area contributed by atoms with Gasteiger partial charge >= 0.3 is 11.8 Å². The van der Waals surface area contributed by atoms with Gasteiger partial charge in [0.05, 0.1) is 26.0 Å². The van der Waals surface area contributed by atoms with Gasteiger partial charge in [-0.25, -0.2) is 4.68 Å². The minimum absolute atomic E-state index is 0.470. The van der Waals surface area contributed by atoms with E-state index in [1.807, 2.05) is 17.5 Å². The first-order valence-corrected chi connectivity index (χ1v) is 9.54. The fourth-order valence-corrected chi connectivity index (χ4v) is 3.38. The van der Waals surface area contributed by atoms with Gasteiger partial charge in [0.2, 0.25) is 0 Å². The van der Waals surface area contributed by atoms with Crippen molar-refractivity contribution in [3.63, 3.8) is 0 Å². The van der Waals surface area contributed by atoms with Gasteiger partial charge in [-0.3, -0.25) is 14.5 Å². The van der Waals surface area contributed by atoms with E-state index in [2.05, 4.69) is 20.6 Å². The molecular weight excluding hydrogens is 354 g/mol. The fourth-order valence-electron chi connectivity index (χ4n) is 2.70. The predicted molar refractivity (Wildman–Crippen MR) is 99.2 cm³/mol. The van der Waals surface area contributed by atoms with Crippen molar-refractivity contribution >= 4 is 29.0 Å². The van der Waals surface area contributed by atoms with Crippen LogP contribution in [0.2, 0.25) is 0 Å². The van der Waals surface area contributed by atoms with Gasteiger partial charge in [0.25, 0.3) is 0 Å². The Morgan fingerprint density at radius 2 is 2.08 bits per heavy atom. The highest BCUT2D eigenvalue weighted by molar-refractivity contribution is 7.09. The summed E-state index contributed by atoms with van der Waals surface area (Å²) < 4.78 is 6.96. The van der Waals surface area contributed by atoms with Crippen molar-refractivity contribution in [2.75, 3.05) is 44.7 Å². The van der Waals surface area contributed by atoms with Crippen molar-refractivity contribution < 1.29 is 14.3 Å². The zero-order chi connectivity index (χ0) is 18.2. The number of rotatable bonds is 7. The normalized spacial score (nSPS) is 14.9. The second-order valence-corrected chi connectivity index (χ2v) is 7.00. The third-order valence-corrected chi connectivity index (χ3v) is 4.95. The van der Waals surface area contributed by atoms with Gasteiger partial charge in [-0.05, 0) is 24.4 Å². The highest BCUT2D eigenvalue weighted by Gasteiger charge is 2.16. The van der Waals surface area contributed by atoms with E-state index in [-0.39, 0.29) is 0 Å². The van der Waals surface area contributed by atoms with E-state index in [1.165, 1.54) is 0 Å². The number of carbonyl (C=O) groups is 2. The summed E-state index contributed by atoms with van der Waals surface area (Å²) in [6.45, 7) is 5.27. The van der Waals surface area contributed by atoms with Crippen LogP contribution in [0.25, 0.3) is 0 Å². The average molecular weight is 377 g/mol.